The van der Waals surface area contributed by atoms with E-state index in [9.17, 15) is 0 Å². The van der Waals surface area contributed by atoms with E-state index in [1.54, 1.807) is 0 Å². The monoisotopic (exact) mass is 220 g/mol. The molecule has 4 nitrogen and oxygen atoms in total. The molecular weight excluding hydrogens is 200 g/mol. The number of aryl methyl sites for hydroxylation is 1. The van der Waals surface area contributed by atoms with Crippen LogP contribution < -0.4 is 5.32 Å². The summed E-state index contributed by atoms with van der Waals surface area (Å²) in [5.41, 5.74) is 1.13. The topological polar surface area (TPSA) is 41.1 Å². The highest BCUT2D eigenvalue weighted by molar-refractivity contribution is 5.01. The largest absolute Gasteiger partial charge is 0.313 e. The summed E-state index contributed by atoms with van der Waals surface area (Å²) in [6, 6.07) is 2.58. The Labute approximate surface area is 97.1 Å². The molecule has 1 aliphatic heterocycles. The molecule has 88 valence electrons. The van der Waals surface area contributed by atoms with E-state index < -0.39 is 0 Å². The van der Waals surface area contributed by atoms with Crippen molar-refractivity contribution in [2.45, 2.75) is 32.9 Å². The van der Waals surface area contributed by atoms with Crippen molar-refractivity contribution in [2.75, 3.05) is 19.6 Å². The van der Waals surface area contributed by atoms with E-state index >= 15 is 0 Å². The van der Waals surface area contributed by atoms with Crippen molar-refractivity contribution in [3.63, 3.8) is 0 Å². The summed E-state index contributed by atoms with van der Waals surface area (Å²) in [7, 11) is 0. The van der Waals surface area contributed by atoms with E-state index in [0.29, 0.717) is 6.04 Å². The maximum absolute atomic E-state index is 4.45. The van der Waals surface area contributed by atoms with Gasteiger partial charge in [0.25, 0.3) is 0 Å². The number of hydrogen-bond donors (Lipinski definition) is 1. The highest BCUT2D eigenvalue weighted by Gasteiger charge is 2.14. The first kappa shape index (κ1) is 11.5. The smallest absolute Gasteiger partial charge is 0.125 e. The lowest BCUT2D eigenvalue weighted by Crippen LogP contribution is -2.35. The van der Waals surface area contributed by atoms with Crippen LogP contribution in [0.4, 0.5) is 0 Å². The molecular formula is C12H20N4. The number of nitrogens with one attached hydrogen (secondary N) is 1. The molecule has 1 aromatic rings. The Balaban J connectivity index is 1.97. The highest BCUT2D eigenvalue weighted by Crippen LogP contribution is 2.06. The van der Waals surface area contributed by atoms with Crippen LogP contribution in [0.5, 0.6) is 0 Å². The fraction of sp³-hybridized carbons (Fsp3) is 0.667. The van der Waals surface area contributed by atoms with E-state index in [1.807, 2.05) is 19.2 Å². The maximum atomic E-state index is 4.45. The Morgan fingerprint density at radius 2 is 2.44 bits per heavy atom. The minimum Gasteiger partial charge on any atom is -0.313 e. The van der Waals surface area contributed by atoms with Gasteiger partial charge in [-0.25, -0.2) is 9.97 Å². The molecule has 0 saturated carbocycles. The van der Waals surface area contributed by atoms with Gasteiger partial charge in [-0.05, 0) is 39.4 Å². The molecule has 16 heavy (non-hydrogen) atoms. The second-order valence-corrected chi connectivity index (χ2v) is 4.54. The zero-order valence-electron chi connectivity index (χ0n) is 10.1. The van der Waals surface area contributed by atoms with Gasteiger partial charge in [0.15, 0.2) is 0 Å². The summed E-state index contributed by atoms with van der Waals surface area (Å²) >= 11 is 0. The van der Waals surface area contributed by atoms with Crippen LogP contribution in [0.25, 0.3) is 0 Å². The fourth-order valence-electron chi connectivity index (χ4n) is 2.16. The predicted octanol–water partition coefficient (Wildman–Crippen LogP) is 0.969. The molecule has 1 aromatic heterocycles. The van der Waals surface area contributed by atoms with Crippen molar-refractivity contribution in [3.8, 4) is 0 Å². The van der Waals surface area contributed by atoms with E-state index in [1.165, 1.54) is 6.42 Å². The first-order chi connectivity index (χ1) is 7.74. The number of hydrogen-bond acceptors (Lipinski definition) is 4. The molecule has 0 amide bonds. The van der Waals surface area contributed by atoms with Gasteiger partial charge in [0.2, 0.25) is 0 Å². The van der Waals surface area contributed by atoms with Gasteiger partial charge in [-0.15, -0.1) is 0 Å². The molecule has 2 rings (SSSR count). The van der Waals surface area contributed by atoms with E-state index in [-0.39, 0.29) is 0 Å². The van der Waals surface area contributed by atoms with Gasteiger partial charge in [-0.3, -0.25) is 4.90 Å². The molecule has 1 N–H and O–H groups in total. The molecule has 1 aliphatic rings. The molecule has 0 spiro atoms. The van der Waals surface area contributed by atoms with Crippen LogP contribution in [0.3, 0.4) is 0 Å². The molecule has 0 radical (unpaired) electrons. The van der Waals surface area contributed by atoms with Crippen LogP contribution in [0, 0.1) is 6.92 Å². The lowest BCUT2D eigenvalue weighted by Gasteiger charge is -2.21. The van der Waals surface area contributed by atoms with Crippen LogP contribution in [-0.4, -0.2) is 40.5 Å². The lowest BCUT2D eigenvalue weighted by molar-refractivity contribution is 0.261. The predicted molar refractivity (Wildman–Crippen MR) is 64.1 cm³/mol. The number of aromatic nitrogens is 2. The van der Waals surface area contributed by atoms with Crippen molar-refractivity contribution in [1.82, 2.24) is 20.2 Å². The molecule has 2 heterocycles. The second kappa shape index (κ2) is 5.37. The van der Waals surface area contributed by atoms with Crippen LogP contribution in [-0.2, 0) is 6.54 Å². The van der Waals surface area contributed by atoms with E-state index in [0.717, 1.165) is 37.7 Å². The van der Waals surface area contributed by atoms with E-state index in [2.05, 4.69) is 27.1 Å². The third kappa shape index (κ3) is 3.25. The van der Waals surface area contributed by atoms with Crippen molar-refractivity contribution < 1.29 is 0 Å². The summed E-state index contributed by atoms with van der Waals surface area (Å²) in [4.78, 5) is 11.0. The Morgan fingerprint density at radius 1 is 1.56 bits per heavy atom. The van der Waals surface area contributed by atoms with Gasteiger partial charge in [0.1, 0.15) is 5.82 Å². The van der Waals surface area contributed by atoms with Crippen molar-refractivity contribution >= 4 is 0 Å². The number of rotatable bonds is 2. The Morgan fingerprint density at radius 3 is 3.25 bits per heavy atom. The first-order valence-electron chi connectivity index (χ1n) is 5.98. The summed E-state index contributed by atoms with van der Waals surface area (Å²) in [6.07, 6.45) is 3.06. The zero-order valence-corrected chi connectivity index (χ0v) is 10.1. The van der Waals surface area contributed by atoms with Crippen LogP contribution >= 0.6 is 0 Å². The lowest BCUT2D eigenvalue weighted by atomic mass is 10.3. The Hall–Kier alpha value is -1.00. The quantitative estimate of drug-likeness (QED) is 0.806. The Kier molecular flexibility index (Phi) is 3.85. The second-order valence-electron chi connectivity index (χ2n) is 4.54. The summed E-state index contributed by atoms with van der Waals surface area (Å²) in [5, 5.41) is 3.50. The van der Waals surface area contributed by atoms with Gasteiger partial charge >= 0.3 is 0 Å². The van der Waals surface area contributed by atoms with Gasteiger partial charge in [-0.1, -0.05) is 0 Å². The van der Waals surface area contributed by atoms with Gasteiger partial charge < -0.3 is 5.32 Å². The molecule has 0 aliphatic carbocycles. The molecule has 0 aromatic carbocycles. The molecule has 0 bridgehead atoms. The summed E-state index contributed by atoms with van der Waals surface area (Å²) < 4.78 is 0. The molecule has 1 fully saturated rings. The number of nitrogens with zero attached hydrogens (tertiary/aromatic N) is 3. The first-order valence-corrected chi connectivity index (χ1v) is 5.98. The standard InChI is InChI=1S/C12H20N4/c1-10-8-16(7-3-5-13-10)9-12-4-6-14-11(2)15-12/h4,6,10,13H,3,5,7-9H2,1-2H3. The van der Waals surface area contributed by atoms with E-state index in [4.69, 9.17) is 0 Å². The maximum Gasteiger partial charge on any atom is 0.125 e. The van der Waals surface area contributed by atoms with Crippen molar-refractivity contribution in [2.24, 2.45) is 0 Å². The zero-order chi connectivity index (χ0) is 11.4. The van der Waals surface area contributed by atoms with Gasteiger partial charge in [-0.2, -0.15) is 0 Å². The molecule has 1 unspecified atom stereocenters. The van der Waals surface area contributed by atoms with Gasteiger partial charge in [0.05, 0.1) is 5.69 Å². The summed E-state index contributed by atoms with van der Waals surface area (Å²) in [6.45, 7) is 8.50. The molecule has 1 atom stereocenters. The van der Waals surface area contributed by atoms with Crippen LogP contribution in [0.1, 0.15) is 24.9 Å². The normalized spacial score (nSPS) is 23.0. The minimum absolute atomic E-state index is 0.574. The van der Waals surface area contributed by atoms with Crippen molar-refractivity contribution in [1.29, 1.82) is 0 Å². The minimum atomic E-state index is 0.574. The SMILES string of the molecule is Cc1nccc(CN2CCCNC(C)C2)n1. The third-order valence-electron chi connectivity index (χ3n) is 2.90. The Bertz CT molecular complexity index is 340. The van der Waals surface area contributed by atoms with Crippen molar-refractivity contribution in [3.05, 3.63) is 23.8 Å². The van der Waals surface area contributed by atoms with Gasteiger partial charge in [0, 0.05) is 25.3 Å². The fourth-order valence-corrected chi connectivity index (χ4v) is 2.16. The highest BCUT2D eigenvalue weighted by atomic mass is 15.2. The third-order valence-corrected chi connectivity index (χ3v) is 2.90. The van der Waals surface area contributed by atoms with Crippen LogP contribution in [0.15, 0.2) is 12.3 Å². The summed E-state index contributed by atoms with van der Waals surface area (Å²) in [5.74, 6) is 0.860. The average Bonchev–Trinajstić information content (AvgIpc) is 2.43. The molecule has 1 saturated heterocycles. The average molecular weight is 220 g/mol. The molecule has 4 heteroatoms. The van der Waals surface area contributed by atoms with Crippen LogP contribution in [0.2, 0.25) is 0 Å².